The quantitative estimate of drug-likeness (QED) is 0.901. The number of fused-ring (bicyclic) bond motifs is 1. The molecule has 1 aromatic rings. The number of anilines is 2. The van der Waals surface area contributed by atoms with E-state index in [1.807, 2.05) is 13.8 Å². The van der Waals surface area contributed by atoms with Gasteiger partial charge in [0.05, 0.1) is 5.69 Å². The van der Waals surface area contributed by atoms with E-state index >= 15 is 0 Å². The van der Waals surface area contributed by atoms with Gasteiger partial charge in [-0.15, -0.1) is 0 Å². The van der Waals surface area contributed by atoms with Crippen molar-refractivity contribution in [2.24, 2.45) is 0 Å². The van der Waals surface area contributed by atoms with E-state index in [2.05, 4.69) is 25.7 Å². The molecule has 1 N–H and O–H groups in total. The summed E-state index contributed by atoms with van der Waals surface area (Å²) in [6.07, 6.45) is 0. The van der Waals surface area contributed by atoms with Gasteiger partial charge in [-0.3, -0.25) is 4.72 Å². The molecule has 0 amide bonds. The summed E-state index contributed by atoms with van der Waals surface area (Å²) in [4.78, 5) is 2.10. The second kappa shape index (κ2) is 5.29. The zero-order valence-electron chi connectivity index (χ0n) is 13.7. The fraction of sp³-hybridized carbons (Fsp3) is 0.600. The number of sulfonamides is 1. The number of hydrogen-bond acceptors (Lipinski definition) is 3. The standard InChI is InChI=1S/C15H21F3N2O2S/c1-9(2)20-10(3)14(4,5)12-7-6-11(8-13(12)20)19-23(21,22)15(16,17)18/h6-10,19H,1-5H3. The number of nitrogens with zero attached hydrogens (tertiary/aromatic N) is 1. The first kappa shape index (κ1) is 17.9. The van der Waals surface area contributed by atoms with Gasteiger partial charge in [0.2, 0.25) is 0 Å². The highest BCUT2D eigenvalue weighted by atomic mass is 32.2. The van der Waals surface area contributed by atoms with Gasteiger partial charge in [0.25, 0.3) is 0 Å². The molecule has 0 saturated carbocycles. The SMILES string of the molecule is CC(C)N1c2cc(NS(=O)(=O)C(F)(F)F)ccc2C(C)(C)C1C. The average Bonchev–Trinajstić information content (AvgIpc) is 2.55. The van der Waals surface area contributed by atoms with E-state index in [9.17, 15) is 21.6 Å². The zero-order chi connectivity index (χ0) is 17.8. The van der Waals surface area contributed by atoms with Crippen LogP contribution in [0.2, 0.25) is 0 Å². The van der Waals surface area contributed by atoms with Crippen molar-refractivity contribution in [1.82, 2.24) is 0 Å². The van der Waals surface area contributed by atoms with E-state index in [0.717, 1.165) is 11.3 Å². The van der Waals surface area contributed by atoms with Crippen molar-refractivity contribution in [3.8, 4) is 0 Å². The van der Waals surface area contributed by atoms with E-state index in [0.29, 0.717) is 0 Å². The molecule has 0 radical (unpaired) electrons. The summed E-state index contributed by atoms with van der Waals surface area (Å²) in [5, 5.41) is 0. The third-order valence-electron chi connectivity index (χ3n) is 4.55. The highest BCUT2D eigenvalue weighted by molar-refractivity contribution is 7.93. The molecule has 0 saturated heterocycles. The van der Waals surface area contributed by atoms with E-state index < -0.39 is 15.5 Å². The summed E-state index contributed by atoms with van der Waals surface area (Å²) >= 11 is 0. The molecule has 1 aromatic carbocycles. The zero-order valence-corrected chi connectivity index (χ0v) is 14.5. The Kier molecular flexibility index (Phi) is 4.12. The lowest BCUT2D eigenvalue weighted by Crippen LogP contribution is -2.42. The van der Waals surface area contributed by atoms with Gasteiger partial charge < -0.3 is 4.90 Å². The second-order valence-electron chi connectivity index (χ2n) is 6.68. The lowest BCUT2D eigenvalue weighted by atomic mass is 9.81. The van der Waals surface area contributed by atoms with Crippen LogP contribution in [-0.2, 0) is 15.4 Å². The van der Waals surface area contributed by atoms with Crippen LogP contribution >= 0.6 is 0 Å². The van der Waals surface area contributed by atoms with Gasteiger partial charge in [0.1, 0.15) is 0 Å². The van der Waals surface area contributed by atoms with Crippen molar-refractivity contribution in [3.05, 3.63) is 23.8 Å². The molecule has 23 heavy (non-hydrogen) atoms. The molecule has 8 heteroatoms. The Morgan fingerprint density at radius 3 is 2.30 bits per heavy atom. The van der Waals surface area contributed by atoms with Crippen molar-refractivity contribution in [3.63, 3.8) is 0 Å². The first-order valence-electron chi connectivity index (χ1n) is 7.31. The second-order valence-corrected chi connectivity index (χ2v) is 8.36. The molecule has 1 aliphatic rings. The fourth-order valence-electron chi connectivity index (χ4n) is 3.07. The van der Waals surface area contributed by atoms with Crippen LogP contribution in [0.3, 0.4) is 0 Å². The molecule has 1 aliphatic heterocycles. The maximum absolute atomic E-state index is 12.5. The largest absolute Gasteiger partial charge is 0.516 e. The highest BCUT2D eigenvalue weighted by Crippen LogP contribution is 2.47. The number of benzene rings is 1. The third kappa shape index (κ3) is 2.88. The minimum atomic E-state index is -5.42. The Morgan fingerprint density at radius 2 is 1.83 bits per heavy atom. The van der Waals surface area contributed by atoms with Crippen LogP contribution in [0.15, 0.2) is 18.2 Å². The number of alkyl halides is 3. The Morgan fingerprint density at radius 1 is 1.26 bits per heavy atom. The maximum atomic E-state index is 12.5. The minimum Gasteiger partial charge on any atom is -0.365 e. The van der Waals surface area contributed by atoms with Crippen molar-refractivity contribution in [1.29, 1.82) is 0 Å². The Balaban J connectivity index is 2.48. The summed E-state index contributed by atoms with van der Waals surface area (Å²) in [5.41, 5.74) is -3.85. The lowest BCUT2D eigenvalue weighted by molar-refractivity contribution is -0.0429. The van der Waals surface area contributed by atoms with Gasteiger partial charge in [0.15, 0.2) is 0 Å². The average molecular weight is 350 g/mol. The number of nitrogens with one attached hydrogen (secondary N) is 1. The number of hydrogen-bond donors (Lipinski definition) is 1. The maximum Gasteiger partial charge on any atom is 0.516 e. The summed E-state index contributed by atoms with van der Waals surface area (Å²) in [6, 6.07) is 4.83. The number of halogens is 3. The molecular weight excluding hydrogens is 329 g/mol. The van der Waals surface area contributed by atoms with E-state index in [-0.39, 0.29) is 23.2 Å². The third-order valence-corrected chi connectivity index (χ3v) is 5.66. The smallest absolute Gasteiger partial charge is 0.365 e. The topological polar surface area (TPSA) is 49.4 Å². The Bertz CT molecular complexity index is 712. The lowest BCUT2D eigenvalue weighted by Gasteiger charge is -2.34. The van der Waals surface area contributed by atoms with E-state index in [1.165, 1.54) is 12.1 Å². The van der Waals surface area contributed by atoms with Crippen molar-refractivity contribution in [2.45, 2.75) is 57.6 Å². The molecule has 0 bridgehead atoms. The van der Waals surface area contributed by atoms with Gasteiger partial charge in [0, 0.05) is 23.2 Å². The highest BCUT2D eigenvalue weighted by Gasteiger charge is 2.47. The molecule has 0 spiro atoms. The van der Waals surface area contributed by atoms with Crippen LogP contribution in [0, 0.1) is 0 Å². The molecule has 1 atom stereocenters. The Labute approximate surface area is 134 Å². The molecule has 0 aliphatic carbocycles. The molecule has 1 heterocycles. The minimum absolute atomic E-state index is 0.0865. The van der Waals surface area contributed by atoms with Gasteiger partial charge in [-0.1, -0.05) is 19.9 Å². The van der Waals surface area contributed by atoms with E-state index in [1.54, 1.807) is 10.8 Å². The fourth-order valence-corrected chi connectivity index (χ4v) is 3.63. The van der Waals surface area contributed by atoms with Crippen LogP contribution in [0.4, 0.5) is 24.5 Å². The Hall–Kier alpha value is -1.44. The van der Waals surface area contributed by atoms with Crippen molar-refractivity contribution < 1.29 is 21.6 Å². The molecule has 4 nitrogen and oxygen atoms in total. The molecule has 130 valence electrons. The molecule has 1 unspecified atom stereocenters. The molecular formula is C15H21F3N2O2S. The molecule has 0 aromatic heterocycles. The van der Waals surface area contributed by atoms with Crippen molar-refractivity contribution >= 4 is 21.4 Å². The summed E-state index contributed by atoms with van der Waals surface area (Å²) in [5.74, 6) is 0. The van der Waals surface area contributed by atoms with Crippen LogP contribution in [0.25, 0.3) is 0 Å². The monoisotopic (exact) mass is 350 g/mol. The predicted octanol–water partition coefficient (Wildman–Crippen LogP) is 3.84. The van der Waals surface area contributed by atoms with Crippen LogP contribution < -0.4 is 9.62 Å². The number of rotatable bonds is 3. The van der Waals surface area contributed by atoms with Crippen LogP contribution in [-0.4, -0.2) is 26.0 Å². The van der Waals surface area contributed by atoms with Gasteiger partial charge in [-0.05, 0) is 38.5 Å². The van der Waals surface area contributed by atoms with Crippen LogP contribution in [0.5, 0.6) is 0 Å². The van der Waals surface area contributed by atoms with Gasteiger partial charge in [-0.2, -0.15) is 21.6 Å². The van der Waals surface area contributed by atoms with Gasteiger partial charge in [-0.25, -0.2) is 0 Å². The summed E-state index contributed by atoms with van der Waals surface area (Å²) in [6.45, 7) is 10.2. The normalized spacial score (nSPS) is 20.7. The van der Waals surface area contributed by atoms with E-state index in [4.69, 9.17) is 0 Å². The molecule has 0 fully saturated rings. The predicted molar refractivity (Wildman–Crippen MR) is 85.1 cm³/mol. The summed E-state index contributed by atoms with van der Waals surface area (Å²) < 4.78 is 61.7. The first-order chi connectivity index (χ1) is 10.3. The van der Waals surface area contributed by atoms with Gasteiger partial charge >= 0.3 is 15.5 Å². The summed E-state index contributed by atoms with van der Waals surface area (Å²) in [7, 11) is -5.42. The molecule has 2 rings (SSSR count). The van der Waals surface area contributed by atoms with Crippen LogP contribution in [0.1, 0.15) is 40.2 Å². The first-order valence-corrected chi connectivity index (χ1v) is 8.79. The van der Waals surface area contributed by atoms with Crippen molar-refractivity contribution in [2.75, 3.05) is 9.62 Å².